The Morgan fingerprint density at radius 2 is 1.76 bits per heavy atom. The quantitative estimate of drug-likeness (QED) is 0.850. The average molecular weight is 233 g/mol. The number of anilines is 1. The molecule has 17 heavy (non-hydrogen) atoms. The molecule has 0 atom stereocenters. The molecule has 0 aromatic heterocycles. The van der Waals surface area contributed by atoms with Crippen LogP contribution >= 0.6 is 0 Å². The molecule has 1 aliphatic rings. The van der Waals surface area contributed by atoms with Crippen LogP contribution in [0.2, 0.25) is 0 Å². The fraction of sp³-hybridized carbons (Fsp3) is 0.500. The molecule has 0 heterocycles. The number of carboxylic acid groups (broad SMARTS) is 1. The third-order valence-corrected chi connectivity index (χ3v) is 3.71. The van der Waals surface area contributed by atoms with Gasteiger partial charge in [0.2, 0.25) is 0 Å². The fourth-order valence-corrected chi connectivity index (χ4v) is 2.33. The summed E-state index contributed by atoms with van der Waals surface area (Å²) >= 11 is 0. The molecule has 0 amide bonds. The minimum absolute atomic E-state index is 0.582. The number of rotatable bonds is 5. The van der Waals surface area contributed by atoms with E-state index in [0.29, 0.717) is 0 Å². The Hall–Kier alpha value is -1.51. The van der Waals surface area contributed by atoms with Gasteiger partial charge >= 0.3 is 5.97 Å². The van der Waals surface area contributed by atoms with Gasteiger partial charge in [-0.05, 0) is 44.4 Å². The van der Waals surface area contributed by atoms with Crippen molar-refractivity contribution < 1.29 is 9.90 Å². The van der Waals surface area contributed by atoms with Crippen LogP contribution in [0.4, 0.5) is 5.69 Å². The molecular weight excluding hydrogens is 214 g/mol. The Kier molecular flexibility index (Phi) is 3.09. The lowest BCUT2D eigenvalue weighted by atomic mass is 9.96. The Bertz CT molecular complexity index is 403. The summed E-state index contributed by atoms with van der Waals surface area (Å²) in [5.74, 6) is -0.687. The van der Waals surface area contributed by atoms with Crippen molar-refractivity contribution in [1.82, 2.24) is 0 Å². The third kappa shape index (κ3) is 2.02. The van der Waals surface area contributed by atoms with Gasteiger partial charge in [0.25, 0.3) is 0 Å². The van der Waals surface area contributed by atoms with Crippen LogP contribution in [-0.2, 0) is 10.2 Å². The van der Waals surface area contributed by atoms with E-state index in [2.05, 4.69) is 18.7 Å². The number of carboxylic acids is 1. The van der Waals surface area contributed by atoms with Gasteiger partial charge in [-0.3, -0.25) is 4.79 Å². The van der Waals surface area contributed by atoms with E-state index in [-0.39, 0.29) is 0 Å². The second kappa shape index (κ2) is 4.40. The second-order valence-electron chi connectivity index (χ2n) is 4.61. The van der Waals surface area contributed by atoms with Crippen molar-refractivity contribution in [2.24, 2.45) is 0 Å². The van der Waals surface area contributed by atoms with Crippen LogP contribution in [-0.4, -0.2) is 24.2 Å². The minimum Gasteiger partial charge on any atom is -0.481 e. The first-order valence-corrected chi connectivity index (χ1v) is 6.23. The zero-order valence-electron chi connectivity index (χ0n) is 10.4. The first kappa shape index (κ1) is 12.0. The van der Waals surface area contributed by atoms with Crippen molar-refractivity contribution in [3.8, 4) is 0 Å². The Morgan fingerprint density at radius 1 is 1.24 bits per heavy atom. The van der Waals surface area contributed by atoms with Crippen molar-refractivity contribution in [2.75, 3.05) is 18.0 Å². The molecular formula is C14H19NO2. The van der Waals surface area contributed by atoms with Crippen LogP contribution in [0.5, 0.6) is 0 Å². The van der Waals surface area contributed by atoms with Crippen molar-refractivity contribution in [1.29, 1.82) is 0 Å². The monoisotopic (exact) mass is 233 g/mol. The highest BCUT2D eigenvalue weighted by molar-refractivity contribution is 5.85. The standard InChI is InChI=1S/C14H19NO2/c1-3-15(4-2)12-7-5-11(6-8-12)14(9-10-14)13(16)17/h5-8H,3-4,9-10H2,1-2H3,(H,16,17). The van der Waals surface area contributed by atoms with Gasteiger partial charge in [0.1, 0.15) is 0 Å². The Morgan fingerprint density at radius 3 is 2.12 bits per heavy atom. The smallest absolute Gasteiger partial charge is 0.314 e. The van der Waals surface area contributed by atoms with Gasteiger partial charge in [-0.1, -0.05) is 12.1 Å². The Labute approximate surface area is 102 Å². The molecule has 3 heteroatoms. The van der Waals surface area contributed by atoms with Crippen molar-refractivity contribution >= 4 is 11.7 Å². The zero-order chi connectivity index (χ0) is 12.5. The summed E-state index contributed by atoms with van der Waals surface area (Å²) in [6.45, 7) is 6.19. The molecule has 0 saturated heterocycles. The molecule has 0 bridgehead atoms. The first-order chi connectivity index (χ1) is 8.14. The maximum absolute atomic E-state index is 11.2. The number of hydrogen-bond acceptors (Lipinski definition) is 2. The fourth-order valence-electron chi connectivity index (χ4n) is 2.33. The molecule has 0 aliphatic heterocycles. The van der Waals surface area contributed by atoms with Crippen LogP contribution in [0.15, 0.2) is 24.3 Å². The maximum Gasteiger partial charge on any atom is 0.314 e. The lowest BCUT2D eigenvalue weighted by Crippen LogP contribution is -2.22. The van der Waals surface area contributed by atoms with Gasteiger partial charge in [0, 0.05) is 18.8 Å². The van der Waals surface area contributed by atoms with Crippen molar-refractivity contribution in [2.45, 2.75) is 32.1 Å². The van der Waals surface area contributed by atoms with Crippen LogP contribution in [0.3, 0.4) is 0 Å². The summed E-state index contributed by atoms with van der Waals surface area (Å²) in [6.07, 6.45) is 1.54. The largest absolute Gasteiger partial charge is 0.481 e. The van der Waals surface area contributed by atoms with E-state index in [1.807, 2.05) is 24.3 Å². The molecule has 1 aromatic carbocycles. The van der Waals surface area contributed by atoms with Crippen molar-refractivity contribution in [3.63, 3.8) is 0 Å². The highest BCUT2D eigenvalue weighted by Crippen LogP contribution is 2.48. The van der Waals surface area contributed by atoms with Crippen LogP contribution in [0, 0.1) is 0 Å². The minimum atomic E-state index is -0.687. The highest BCUT2D eigenvalue weighted by Gasteiger charge is 2.51. The highest BCUT2D eigenvalue weighted by atomic mass is 16.4. The molecule has 2 rings (SSSR count). The Balaban J connectivity index is 2.22. The summed E-state index contributed by atoms with van der Waals surface area (Å²) in [5, 5.41) is 9.22. The number of aliphatic carboxylic acids is 1. The SMILES string of the molecule is CCN(CC)c1ccc(C2(C(=O)O)CC2)cc1. The van der Waals surface area contributed by atoms with Crippen LogP contribution in [0.25, 0.3) is 0 Å². The van der Waals surface area contributed by atoms with Gasteiger partial charge in [0.15, 0.2) is 0 Å². The molecule has 92 valence electrons. The molecule has 0 spiro atoms. The predicted molar refractivity (Wildman–Crippen MR) is 68.6 cm³/mol. The number of hydrogen-bond donors (Lipinski definition) is 1. The summed E-state index contributed by atoms with van der Waals surface area (Å²) in [6, 6.07) is 8.00. The lowest BCUT2D eigenvalue weighted by molar-refractivity contribution is -0.140. The van der Waals surface area contributed by atoms with Gasteiger partial charge in [-0.2, -0.15) is 0 Å². The van der Waals surface area contributed by atoms with E-state index in [1.165, 1.54) is 5.69 Å². The summed E-state index contributed by atoms with van der Waals surface area (Å²) < 4.78 is 0. The predicted octanol–water partition coefficient (Wildman–Crippen LogP) is 2.65. The first-order valence-electron chi connectivity index (χ1n) is 6.23. The van der Waals surface area contributed by atoms with Crippen LogP contribution in [0.1, 0.15) is 32.3 Å². The van der Waals surface area contributed by atoms with Gasteiger partial charge in [-0.25, -0.2) is 0 Å². The summed E-state index contributed by atoms with van der Waals surface area (Å²) in [5.41, 5.74) is 1.53. The molecule has 0 radical (unpaired) electrons. The normalized spacial score (nSPS) is 16.6. The van der Waals surface area contributed by atoms with E-state index in [0.717, 1.165) is 31.5 Å². The molecule has 0 unspecified atom stereocenters. The lowest BCUT2D eigenvalue weighted by Gasteiger charge is -2.21. The van der Waals surface area contributed by atoms with Crippen molar-refractivity contribution in [3.05, 3.63) is 29.8 Å². The zero-order valence-corrected chi connectivity index (χ0v) is 10.4. The number of carbonyl (C=O) groups is 1. The van der Waals surface area contributed by atoms with E-state index in [9.17, 15) is 9.90 Å². The van der Waals surface area contributed by atoms with E-state index in [4.69, 9.17) is 0 Å². The van der Waals surface area contributed by atoms with E-state index in [1.54, 1.807) is 0 Å². The molecule has 1 saturated carbocycles. The molecule has 1 aromatic rings. The number of benzene rings is 1. The molecule has 1 N–H and O–H groups in total. The van der Waals surface area contributed by atoms with E-state index < -0.39 is 11.4 Å². The topological polar surface area (TPSA) is 40.5 Å². The summed E-state index contributed by atoms with van der Waals surface area (Å²) in [7, 11) is 0. The average Bonchev–Trinajstić information content (AvgIpc) is 3.13. The summed E-state index contributed by atoms with van der Waals surface area (Å²) in [4.78, 5) is 13.5. The van der Waals surface area contributed by atoms with Gasteiger partial charge in [-0.15, -0.1) is 0 Å². The van der Waals surface area contributed by atoms with Crippen LogP contribution < -0.4 is 4.90 Å². The van der Waals surface area contributed by atoms with Gasteiger partial charge in [0.05, 0.1) is 5.41 Å². The maximum atomic E-state index is 11.2. The van der Waals surface area contributed by atoms with Gasteiger partial charge < -0.3 is 10.0 Å². The molecule has 1 aliphatic carbocycles. The second-order valence-corrected chi connectivity index (χ2v) is 4.61. The molecule has 3 nitrogen and oxygen atoms in total. The molecule has 1 fully saturated rings. The number of nitrogens with zero attached hydrogens (tertiary/aromatic N) is 1. The third-order valence-electron chi connectivity index (χ3n) is 3.71. The van der Waals surface area contributed by atoms with E-state index >= 15 is 0 Å².